The molecule has 1 saturated heterocycles. The predicted octanol–water partition coefficient (Wildman–Crippen LogP) is 1.38. The van der Waals surface area contributed by atoms with Gasteiger partial charge in [0.2, 0.25) is 0 Å². The van der Waals surface area contributed by atoms with Gasteiger partial charge in [-0.15, -0.1) is 0 Å². The molecule has 1 N–H and O–H groups in total. The summed E-state index contributed by atoms with van der Waals surface area (Å²) in [6.45, 7) is 4.07. The van der Waals surface area contributed by atoms with Gasteiger partial charge in [-0.25, -0.2) is 4.39 Å². The minimum absolute atomic E-state index is 0.0880. The van der Waals surface area contributed by atoms with Gasteiger partial charge in [0.1, 0.15) is 18.1 Å². The number of carbonyl (C=O) groups excluding carboxylic acids is 1. The molecule has 1 fully saturated rings. The zero-order chi connectivity index (χ0) is 16.9. The molecule has 1 aliphatic rings. The molecule has 5 heteroatoms. The second kappa shape index (κ2) is 7.45. The van der Waals surface area contributed by atoms with Crippen LogP contribution in [0.15, 0.2) is 48.5 Å². The van der Waals surface area contributed by atoms with Crippen LogP contribution < -0.4 is 9.64 Å². The van der Waals surface area contributed by atoms with Crippen LogP contribution in [0.25, 0.3) is 0 Å². The third-order valence-corrected chi connectivity index (χ3v) is 4.42. The molecule has 1 aliphatic heterocycles. The molecule has 3 rings (SSSR count). The number of carbonyl (C=O) groups is 1. The van der Waals surface area contributed by atoms with Gasteiger partial charge in [0, 0.05) is 11.1 Å². The van der Waals surface area contributed by atoms with Gasteiger partial charge in [-0.3, -0.25) is 4.79 Å². The Bertz CT molecular complexity index is 712. The van der Waals surface area contributed by atoms with Crippen molar-refractivity contribution in [1.29, 1.82) is 0 Å². The quantitative estimate of drug-likeness (QED) is 0.919. The Morgan fingerprint density at radius 2 is 1.92 bits per heavy atom. The highest BCUT2D eigenvalue weighted by atomic mass is 19.1. The number of hydrogen-bond donors (Lipinski definition) is 1. The Morgan fingerprint density at radius 1 is 1.17 bits per heavy atom. The Kier molecular flexibility index (Phi) is 5.11. The Morgan fingerprint density at radius 3 is 2.62 bits per heavy atom. The lowest BCUT2D eigenvalue weighted by molar-refractivity contribution is -0.917. The van der Waals surface area contributed by atoms with Crippen molar-refractivity contribution in [3.05, 3.63) is 65.5 Å². The molecule has 0 aliphatic carbocycles. The standard InChI is InChI=1S/C19H21FN2O2/c1-24-18-7-2-4-15(12-18)14-21-8-10-22(11-9-21)19(23)16-5-3-6-17(20)13-16/h2-7,12-13H,8-11,14H2,1H3/p+1. The number of methoxy groups -OCH3 is 1. The maximum absolute atomic E-state index is 13.3. The van der Waals surface area contributed by atoms with Crippen molar-refractivity contribution in [3.63, 3.8) is 0 Å². The van der Waals surface area contributed by atoms with Gasteiger partial charge in [0.25, 0.3) is 5.91 Å². The van der Waals surface area contributed by atoms with Gasteiger partial charge in [0.15, 0.2) is 0 Å². The second-order valence-corrected chi connectivity index (χ2v) is 6.08. The summed E-state index contributed by atoms with van der Waals surface area (Å²) in [5.74, 6) is 0.407. The van der Waals surface area contributed by atoms with Crippen molar-refractivity contribution < 1.29 is 18.8 Å². The van der Waals surface area contributed by atoms with E-state index >= 15 is 0 Å². The highest BCUT2D eigenvalue weighted by molar-refractivity contribution is 5.94. The van der Waals surface area contributed by atoms with E-state index in [1.165, 1.54) is 22.6 Å². The molecule has 1 heterocycles. The van der Waals surface area contributed by atoms with Crippen molar-refractivity contribution in [3.8, 4) is 5.75 Å². The number of nitrogens with one attached hydrogen (secondary N) is 1. The predicted molar refractivity (Wildman–Crippen MR) is 89.7 cm³/mol. The van der Waals surface area contributed by atoms with Crippen molar-refractivity contribution in [2.75, 3.05) is 33.3 Å². The zero-order valence-electron chi connectivity index (χ0n) is 13.8. The monoisotopic (exact) mass is 329 g/mol. The maximum Gasteiger partial charge on any atom is 0.254 e. The normalized spacial score (nSPS) is 15.3. The number of piperazine rings is 1. The van der Waals surface area contributed by atoms with Crippen LogP contribution in [0.1, 0.15) is 15.9 Å². The Balaban J connectivity index is 1.56. The molecule has 0 radical (unpaired) electrons. The van der Waals surface area contributed by atoms with E-state index in [2.05, 4.69) is 12.1 Å². The van der Waals surface area contributed by atoms with Gasteiger partial charge in [-0.05, 0) is 30.3 Å². The number of halogens is 1. The lowest BCUT2D eigenvalue weighted by Crippen LogP contribution is -3.13. The van der Waals surface area contributed by atoms with E-state index < -0.39 is 0 Å². The lowest BCUT2D eigenvalue weighted by Gasteiger charge is -2.32. The molecule has 0 saturated carbocycles. The number of nitrogens with zero attached hydrogens (tertiary/aromatic N) is 1. The van der Waals surface area contributed by atoms with Gasteiger partial charge >= 0.3 is 0 Å². The van der Waals surface area contributed by atoms with Crippen LogP contribution in [0.2, 0.25) is 0 Å². The molecule has 0 unspecified atom stereocenters. The van der Waals surface area contributed by atoms with Crippen molar-refractivity contribution in [2.24, 2.45) is 0 Å². The number of quaternary nitrogens is 1. The Labute approximate surface area is 141 Å². The molecule has 2 aromatic carbocycles. The topological polar surface area (TPSA) is 34.0 Å². The van der Waals surface area contributed by atoms with E-state index in [-0.39, 0.29) is 11.7 Å². The van der Waals surface area contributed by atoms with Gasteiger partial charge < -0.3 is 14.5 Å². The number of amides is 1. The highest BCUT2D eigenvalue weighted by Gasteiger charge is 2.24. The smallest absolute Gasteiger partial charge is 0.254 e. The van der Waals surface area contributed by atoms with Crippen molar-refractivity contribution in [2.45, 2.75) is 6.54 Å². The summed E-state index contributed by atoms with van der Waals surface area (Å²) in [7, 11) is 1.67. The molecule has 0 aromatic heterocycles. The molecule has 0 bridgehead atoms. The average molecular weight is 329 g/mol. The summed E-state index contributed by atoms with van der Waals surface area (Å²) in [6.07, 6.45) is 0. The fourth-order valence-electron chi connectivity index (χ4n) is 3.08. The summed E-state index contributed by atoms with van der Waals surface area (Å²) in [5.41, 5.74) is 1.65. The van der Waals surface area contributed by atoms with Crippen LogP contribution in [0.5, 0.6) is 5.75 Å². The first-order valence-corrected chi connectivity index (χ1v) is 8.17. The second-order valence-electron chi connectivity index (χ2n) is 6.08. The third-order valence-electron chi connectivity index (χ3n) is 4.42. The largest absolute Gasteiger partial charge is 0.497 e. The van der Waals surface area contributed by atoms with Crippen molar-refractivity contribution >= 4 is 5.91 Å². The number of ether oxygens (including phenoxy) is 1. The van der Waals surface area contributed by atoms with E-state index in [0.717, 1.165) is 25.4 Å². The first-order valence-electron chi connectivity index (χ1n) is 8.17. The summed E-state index contributed by atoms with van der Waals surface area (Å²) in [5, 5.41) is 0. The summed E-state index contributed by atoms with van der Waals surface area (Å²) in [6, 6.07) is 14.0. The van der Waals surface area contributed by atoms with Crippen LogP contribution in [0.4, 0.5) is 4.39 Å². The minimum atomic E-state index is -0.372. The number of hydrogen-bond acceptors (Lipinski definition) is 2. The fourth-order valence-corrected chi connectivity index (χ4v) is 3.08. The molecular formula is C19H22FN2O2+. The third kappa shape index (κ3) is 3.92. The van der Waals surface area contributed by atoms with Crippen LogP contribution in [-0.2, 0) is 6.54 Å². The van der Waals surface area contributed by atoms with Crippen LogP contribution in [0.3, 0.4) is 0 Å². The van der Waals surface area contributed by atoms with Gasteiger partial charge in [-0.2, -0.15) is 0 Å². The van der Waals surface area contributed by atoms with E-state index in [9.17, 15) is 9.18 Å². The lowest BCUT2D eigenvalue weighted by atomic mass is 10.1. The van der Waals surface area contributed by atoms with Gasteiger partial charge in [-0.1, -0.05) is 18.2 Å². The van der Waals surface area contributed by atoms with Crippen LogP contribution in [0, 0.1) is 5.82 Å². The molecule has 0 atom stereocenters. The first kappa shape index (κ1) is 16.5. The molecule has 24 heavy (non-hydrogen) atoms. The van der Waals surface area contributed by atoms with E-state index in [4.69, 9.17) is 4.74 Å². The fraction of sp³-hybridized carbons (Fsp3) is 0.316. The van der Waals surface area contributed by atoms with Crippen LogP contribution in [-0.4, -0.2) is 44.1 Å². The molecule has 126 valence electrons. The van der Waals surface area contributed by atoms with Gasteiger partial charge in [0.05, 0.1) is 33.3 Å². The molecule has 2 aromatic rings. The number of benzene rings is 2. The minimum Gasteiger partial charge on any atom is -0.497 e. The Hall–Kier alpha value is -2.40. The summed E-state index contributed by atoms with van der Waals surface area (Å²) < 4.78 is 18.5. The molecule has 1 amide bonds. The van der Waals surface area contributed by atoms with E-state index in [0.29, 0.717) is 18.7 Å². The maximum atomic E-state index is 13.3. The molecular weight excluding hydrogens is 307 g/mol. The zero-order valence-corrected chi connectivity index (χ0v) is 13.8. The van der Waals surface area contributed by atoms with E-state index in [1.54, 1.807) is 19.2 Å². The molecule has 0 spiro atoms. The summed E-state index contributed by atoms with van der Waals surface area (Å²) >= 11 is 0. The van der Waals surface area contributed by atoms with E-state index in [1.807, 2.05) is 17.0 Å². The van der Waals surface area contributed by atoms with Crippen LogP contribution >= 0.6 is 0 Å². The summed E-state index contributed by atoms with van der Waals surface area (Å²) in [4.78, 5) is 15.7. The SMILES string of the molecule is COc1cccc(C[NH+]2CCN(C(=O)c3cccc(F)c3)CC2)c1. The first-order chi connectivity index (χ1) is 11.7. The van der Waals surface area contributed by atoms with Crippen molar-refractivity contribution in [1.82, 2.24) is 4.90 Å². The number of rotatable bonds is 4. The highest BCUT2D eigenvalue weighted by Crippen LogP contribution is 2.12. The average Bonchev–Trinajstić information content (AvgIpc) is 2.62. The molecule has 4 nitrogen and oxygen atoms in total.